The first-order chi connectivity index (χ1) is 14.1. The predicted molar refractivity (Wildman–Crippen MR) is 109 cm³/mol. The van der Waals surface area contributed by atoms with Crippen LogP contribution in [0.15, 0.2) is 57.7 Å². The molecule has 1 aliphatic carbocycles. The van der Waals surface area contributed by atoms with Crippen LogP contribution in [0, 0.1) is 0 Å². The molecule has 0 bridgehead atoms. The molecule has 0 aromatic heterocycles. The van der Waals surface area contributed by atoms with Crippen molar-refractivity contribution >= 4 is 28.5 Å². The van der Waals surface area contributed by atoms with Gasteiger partial charge in [0.1, 0.15) is 35.2 Å². The number of fused-ring (bicyclic) bond motifs is 3. The standard InChI is InChI=1S/C22H17ClN2O4/c23-14-10-8-13(9-11-14)21-19-20(16-6-1-2-7-17(16)29-21)24-25(22(19)27)12-18(26)28-15-4-3-5-15/h1-2,6-11,15H,3-5,12H2. The van der Waals surface area contributed by atoms with Gasteiger partial charge in [-0.3, -0.25) is 9.59 Å². The van der Waals surface area contributed by atoms with Gasteiger partial charge in [0.15, 0.2) is 0 Å². The number of carbonyl (C=O) groups excluding carboxylic acids is 1. The predicted octanol–water partition coefficient (Wildman–Crippen LogP) is 4.51. The zero-order valence-electron chi connectivity index (χ0n) is 15.4. The summed E-state index contributed by atoms with van der Waals surface area (Å²) in [4.78, 5) is 25.4. The SMILES string of the molecule is O=C(Cn1nc2c3ccccc3oc(-c3ccc(Cl)cc3)c-2c1=O)OC1CCC1. The van der Waals surface area contributed by atoms with Crippen LogP contribution >= 0.6 is 11.6 Å². The van der Waals surface area contributed by atoms with Gasteiger partial charge in [-0.15, -0.1) is 0 Å². The summed E-state index contributed by atoms with van der Waals surface area (Å²) in [5.74, 6) is -0.0483. The molecule has 2 aromatic rings. The molecular formula is C22H17ClN2O4. The molecule has 0 amide bonds. The van der Waals surface area contributed by atoms with Gasteiger partial charge < -0.3 is 9.15 Å². The first-order valence-electron chi connectivity index (χ1n) is 9.48. The van der Waals surface area contributed by atoms with E-state index in [1.54, 1.807) is 24.3 Å². The van der Waals surface area contributed by atoms with E-state index < -0.39 is 5.97 Å². The number of hydrogen-bond donors (Lipinski definition) is 0. The molecule has 0 N–H and O–H groups in total. The van der Waals surface area contributed by atoms with Crippen molar-refractivity contribution in [1.82, 2.24) is 9.78 Å². The highest BCUT2D eigenvalue weighted by Gasteiger charge is 2.27. The molecule has 146 valence electrons. The molecule has 6 nitrogen and oxygen atoms in total. The van der Waals surface area contributed by atoms with Crippen molar-refractivity contribution in [3.8, 4) is 22.6 Å². The molecule has 0 radical (unpaired) electrons. The normalized spacial score (nSPS) is 14.2. The lowest BCUT2D eigenvalue weighted by Crippen LogP contribution is -2.29. The average molecular weight is 409 g/mol. The fourth-order valence-electron chi connectivity index (χ4n) is 3.50. The Balaban J connectivity index is 1.66. The van der Waals surface area contributed by atoms with Gasteiger partial charge >= 0.3 is 5.97 Å². The second-order valence-corrected chi connectivity index (χ2v) is 7.60. The number of carbonyl (C=O) groups is 1. The molecule has 0 atom stereocenters. The van der Waals surface area contributed by atoms with Crippen LogP contribution in [0.3, 0.4) is 0 Å². The number of para-hydroxylation sites is 1. The van der Waals surface area contributed by atoms with Crippen LogP contribution in [0.1, 0.15) is 19.3 Å². The van der Waals surface area contributed by atoms with E-state index in [9.17, 15) is 9.59 Å². The maximum atomic E-state index is 13.1. The summed E-state index contributed by atoms with van der Waals surface area (Å²) in [6.45, 7) is -0.224. The molecule has 0 spiro atoms. The Bertz CT molecular complexity index is 1240. The molecule has 2 aromatic carbocycles. The fourth-order valence-corrected chi connectivity index (χ4v) is 3.62. The largest absolute Gasteiger partial charge is 0.461 e. The van der Waals surface area contributed by atoms with Gasteiger partial charge in [0.2, 0.25) is 0 Å². The van der Waals surface area contributed by atoms with Crippen molar-refractivity contribution in [3.05, 3.63) is 63.9 Å². The lowest BCUT2D eigenvalue weighted by Gasteiger charge is -2.24. The third-order valence-electron chi connectivity index (χ3n) is 5.22. The van der Waals surface area contributed by atoms with E-state index in [0.717, 1.165) is 23.9 Å². The maximum absolute atomic E-state index is 13.1. The number of hydrogen-bond acceptors (Lipinski definition) is 5. The third-order valence-corrected chi connectivity index (χ3v) is 5.47. The summed E-state index contributed by atoms with van der Waals surface area (Å²) in [5, 5.41) is 5.75. The Hall–Kier alpha value is -3.12. The monoisotopic (exact) mass is 408 g/mol. The Kier molecular flexibility index (Phi) is 4.36. The van der Waals surface area contributed by atoms with Gasteiger partial charge in [-0.05, 0) is 55.7 Å². The number of esters is 1. The van der Waals surface area contributed by atoms with Crippen molar-refractivity contribution in [2.24, 2.45) is 0 Å². The summed E-state index contributed by atoms with van der Waals surface area (Å²) in [6, 6.07) is 14.4. The molecule has 0 unspecified atom stereocenters. The minimum atomic E-state index is -0.450. The summed E-state index contributed by atoms with van der Waals surface area (Å²) in [6.07, 6.45) is 2.78. The molecule has 3 aliphatic rings. The number of rotatable bonds is 4. The Morgan fingerprint density at radius 3 is 2.66 bits per heavy atom. The number of nitrogens with zero attached hydrogens (tertiary/aromatic N) is 2. The van der Waals surface area contributed by atoms with E-state index in [2.05, 4.69) is 5.10 Å². The van der Waals surface area contributed by atoms with Crippen LogP contribution in [-0.2, 0) is 16.1 Å². The maximum Gasteiger partial charge on any atom is 0.328 e. The molecule has 0 saturated heterocycles. The minimum Gasteiger partial charge on any atom is -0.461 e. The van der Waals surface area contributed by atoms with Gasteiger partial charge in [0, 0.05) is 16.0 Å². The van der Waals surface area contributed by atoms with E-state index in [0.29, 0.717) is 38.6 Å². The summed E-state index contributed by atoms with van der Waals surface area (Å²) in [5.41, 5.74) is 1.76. The van der Waals surface area contributed by atoms with Gasteiger partial charge in [-0.25, -0.2) is 4.68 Å². The molecule has 29 heavy (non-hydrogen) atoms. The second-order valence-electron chi connectivity index (χ2n) is 7.16. The van der Waals surface area contributed by atoms with Gasteiger partial charge in [0.25, 0.3) is 5.56 Å². The van der Waals surface area contributed by atoms with Crippen LogP contribution in [-0.4, -0.2) is 21.9 Å². The van der Waals surface area contributed by atoms with Crippen molar-refractivity contribution in [1.29, 1.82) is 0 Å². The number of ether oxygens (including phenoxy) is 1. The Morgan fingerprint density at radius 1 is 1.17 bits per heavy atom. The zero-order chi connectivity index (χ0) is 20.0. The average Bonchev–Trinajstić information content (AvgIpc) is 3.01. The molecule has 2 heterocycles. The molecule has 1 fully saturated rings. The lowest BCUT2D eigenvalue weighted by atomic mass is 9.96. The van der Waals surface area contributed by atoms with Crippen LogP contribution in [0.25, 0.3) is 33.6 Å². The van der Waals surface area contributed by atoms with E-state index in [4.69, 9.17) is 20.8 Å². The van der Waals surface area contributed by atoms with Gasteiger partial charge in [-0.1, -0.05) is 23.7 Å². The minimum absolute atomic E-state index is 0.0389. The van der Waals surface area contributed by atoms with Gasteiger partial charge in [0.05, 0.1) is 0 Å². The lowest BCUT2D eigenvalue weighted by molar-refractivity contribution is -0.153. The van der Waals surface area contributed by atoms with E-state index in [-0.39, 0.29) is 18.2 Å². The first kappa shape index (κ1) is 17.9. The fraction of sp³-hybridized carbons (Fsp3) is 0.227. The highest BCUT2D eigenvalue weighted by Crippen LogP contribution is 2.37. The molecule has 7 heteroatoms. The van der Waals surface area contributed by atoms with Crippen LogP contribution in [0.2, 0.25) is 5.02 Å². The first-order valence-corrected chi connectivity index (χ1v) is 9.86. The molecule has 2 aliphatic heterocycles. The van der Waals surface area contributed by atoms with E-state index >= 15 is 0 Å². The molecular weight excluding hydrogens is 392 g/mol. The number of halogens is 1. The zero-order valence-corrected chi connectivity index (χ0v) is 16.2. The summed E-state index contributed by atoms with van der Waals surface area (Å²) >= 11 is 6.00. The molecule has 5 rings (SSSR count). The van der Waals surface area contributed by atoms with Crippen molar-refractivity contribution in [3.63, 3.8) is 0 Å². The van der Waals surface area contributed by atoms with Crippen molar-refractivity contribution in [2.75, 3.05) is 0 Å². The van der Waals surface area contributed by atoms with E-state index in [1.807, 2.05) is 24.3 Å². The summed E-state index contributed by atoms with van der Waals surface area (Å²) in [7, 11) is 0. The number of benzene rings is 2. The second kappa shape index (κ2) is 7.04. The summed E-state index contributed by atoms with van der Waals surface area (Å²) < 4.78 is 12.6. The van der Waals surface area contributed by atoms with Crippen molar-refractivity contribution < 1.29 is 13.9 Å². The van der Waals surface area contributed by atoms with Crippen molar-refractivity contribution in [2.45, 2.75) is 31.9 Å². The van der Waals surface area contributed by atoms with E-state index in [1.165, 1.54) is 0 Å². The number of aromatic nitrogens is 2. The van der Waals surface area contributed by atoms with Crippen LogP contribution in [0.5, 0.6) is 0 Å². The quantitative estimate of drug-likeness (QED) is 0.464. The van der Waals surface area contributed by atoms with Crippen LogP contribution in [0.4, 0.5) is 0 Å². The highest BCUT2D eigenvalue weighted by molar-refractivity contribution is 6.30. The highest BCUT2D eigenvalue weighted by atomic mass is 35.5. The Morgan fingerprint density at radius 2 is 1.93 bits per heavy atom. The molecule has 1 saturated carbocycles. The Labute approximate surface area is 171 Å². The van der Waals surface area contributed by atoms with Gasteiger partial charge in [-0.2, -0.15) is 5.10 Å². The topological polar surface area (TPSA) is 74.3 Å². The smallest absolute Gasteiger partial charge is 0.328 e. The third kappa shape index (κ3) is 3.19. The van der Waals surface area contributed by atoms with Crippen LogP contribution < -0.4 is 5.56 Å².